The van der Waals surface area contributed by atoms with E-state index >= 15 is 0 Å². The number of aromatic amines is 1. The van der Waals surface area contributed by atoms with Gasteiger partial charge in [-0.2, -0.15) is 10.3 Å². The third-order valence-corrected chi connectivity index (χ3v) is 4.64. The average Bonchev–Trinajstić information content (AvgIpc) is 3.24. The van der Waals surface area contributed by atoms with Gasteiger partial charge in [0.15, 0.2) is 5.82 Å². The summed E-state index contributed by atoms with van der Waals surface area (Å²) < 4.78 is 0. The van der Waals surface area contributed by atoms with Gasteiger partial charge in [-0.3, -0.25) is 14.5 Å². The summed E-state index contributed by atoms with van der Waals surface area (Å²) in [6.07, 6.45) is 3.31. The number of fused-ring (bicyclic) bond motifs is 1. The highest BCUT2D eigenvalue weighted by molar-refractivity contribution is 6.06. The number of rotatable bonds is 3. The number of nitrogens with one attached hydrogen (secondary N) is 1. The van der Waals surface area contributed by atoms with E-state index < -0.39 is 0 Å². The molecule has 24 heavy (non-hydrogen) atoms. The first kappa shape index (κ1) is 14.9. The number of carbonyl (C=O) groups is 2. The van der Waals surface area contributed by atoms with E-state index in [1.165, 1.54) is 0 Å². The Kier molecular flexibility index (Phi) is 3.76. The molecule has 2 aromatic rings. The molecule has 4 rings (SSSR count). The van der Waals surface area contributed by atoms with Crippen molar-refractivity contribution < 1.29 is 9.59 Å². The van der Waals surface area contributed by atoms with Gasteiger partial charge < -0.3 is 4.90 Å². The molecule has 3 heterocycles. The van der Waals surface area contributed by atoms with Crippen molar-refractivity contribution in [2.75, 3.05) is 18.0 Å². The van der Waals surface area contributed by atoms with Crippen LogP contribution in [0.2, 0.25) is 0 Å². The monoisotopic (exact) mass is 325 g/mol. The van der Waals surface area contributed by atoms with Gasteiger partial charge in [0, 0.05) is 31.6 Å². The van der Waals surface area contributed by atoms with Crippen LogP contribution >= 0.6 is 0 Å². The Balaban J connectivity index is 1.49. The second-order valence-electron chi connectivity index (χ2n) is 6.27. The van der Waals surface area contributed by atoms with Gasteiger partial charge >= 0.3 is 0 Å². The minimum Gasteiger partial charge on any atom is -0.338 e. The molecule has 2 amide bonds. The van der Waals surface area contributed by atoms with Crippen LogP contribution in [0.4, 0.5) is 5.82 Å². The molecule has 1 fully saturated rings. The molecule has 0 saturated carbocycles. The summed E-state index contributed by atoms with van der Waals surface area (Å²) in [5, 5.41) is 10.8. The number of nitrogens with zero attached hydrogens (tertiary/aromatic N) is 4. The quantitative estimate of drug-likeness (QED) is 0.927. The van der Waals surface area contributed by atoms with Gasteiger partial charge in [-0.1, -0.05) is 12.1 Å². The summed E-state index contributed by atoms with van der Waals surface area (Å²) in [6, 6.07) is 7.50. The highest BCUT2D eigenvalue weighted by Gasteiger charge is 2.27. The van der Waals surface area contributed by atoms with Gasteiger partial charge in [0.05, 0.1) is 0 Å². The van der Waals surface area contributed by atoms with Crippen LogP contribution in [0, 0.1) is 0 Å². The molecule has 0 spiro atoms. The van der Waals surface area contributed by atoms with E-state index in [0.29, 0.717) is 30.9 Å². The molecular weight excluding hydrogens is 306 g/mol. The summed E-state index contributed by atoms with van der Waals surface area (Å²) in [4.78, 5) is 28.0. The minimum absolute atomic E-state index is 0.0614. The zero-order valence-electron chi connectivity index (χ0n) is 13.4. The SMILES string of the molecule is O=C1CCCN1Cc1ccc(C(=O)N2CCCc3n[nH]nc32)cc1. The molecule has 0 unspecified atom stereocenters. The maximum absolute atomic E-state index is 12.7. The Labute approximate surface area is 139 Å². The zero-order valence-corrected chi connectivity index (χ0v) is 13.4. The summed E-state index contributed by atoms with van der Waals surface area (Å²) >= 11 is 0. The highest BCUT2D eigenvalue weighted by Crippen LogP contribution is 2.24. The lowest BCUT2D eigenvalue weighted by molar-refractivity contribution is -0.128. The molecule has 1 saturated heterocycles. The second kappa shape index (κ2) is 6.07. The fourth-order valence-corrected chi connectivity index (χ4v) is 3.34. The largest absolute Gasteiger partial charge is 0.338 e. The van der Waals surface area contributed by atoms with Crippen molar-refractivity contribution in [1.29, 1.82) is 0 Å². The van der Waals surface area contributed by atoms with E-state index in [0.717, 1.165) is 37.1 Å². The van der Waals surface area contributed by atoms with Crippen molar-refractivity contribution in [2.24, 2.45) is 0 Å². The third kappa shape index (κ3) is 2.66. The van der Waals surface area contributed by atoms with Crippen LogP contribution in [0.5, 0.6) is 0 Å². The number of benzene rings is 1. The summed E-state index contributed by atoms with van der Waals surface area (Å²) in [7, 11) is 0. The van der Waals surface area contributed by atoms with Crippen LogP contribution in [0.1, 0.15) is 40.9 Å². The number of amides is 2. The van der Waals surface area contributed by atoms with Crippen molar-refractivity contribution in [3.8, 4) is 0 Å². The summed E-state index contributed by atoms with van der Waals surface area (Å²) in [6.45, 7) is 2.09. The first-order valence-corrected chi connectivity index (χ1v) is 8.30. The fraction of sp³-hybridized carbons (Fsp3) is 0.412. The maximum Gasteiger partial charge on any atom is 0.259 e. The summed E-state index contributed by atoms with van der Waals surface area (Å²) in [5.74, 6) is 0.786. The van der Waals surface area contributed by atoms with E-state index in [4.69, 9.17) is 0 Å². The molecule has 0 atom stereocenters. The van der Waals surface area contributed by atoms with Crippen molar-refractivity contribution >= 4 is 17.6 Å². The standard InChI is InChI=1S/C17H19N5O2/c23-15-4-2-9-21(15)11-12-5-7-13(8-6-12)17(24)22-10-1-3-14-16(22)19-20-18-14/h5-8H,1-4,9-11H2,(H,18,19,20). The molecule has 0 radical (unpaired) electrons. The van der Waals surface area contributed by atoms with Gasteiger partial charge in [-0.05, 0) is 37.0 Å². The number of hydrogen-bond acceptors (Lipinski definition) is 4. The van der Waals surface area contributed by atoms with Crippen LogP contribution in [-0.2, 0) is 17.8 Å². The van der Waals surface area contributed by atoms with E-state index in [-0.39, 0.29) is 11.8 Å². The highest BCUT2D eigenvalue weighted by atomic mass is 16.2. The van der Waals surface area contributed by atoms with Crippen molar-refractivity contribution in [3.63, 3.8) is 0 Å². The van der Waals surface area contributed by atoms with Crippen LogP contribution in [0.15, 0.2) is 24.3 Å². The van der Waals surface area contributed by atoms with Crippen molar-refractivity contribution in [2.45, 2.75) is 32.2 Å². The van der Waals surface area contributed by atoms with E-state index in [2.05, 4.69) is 15.4 Å². The predicted molar refractivity (Wildman–Crippen MR) is 87.5 cm³/mol. The molecule has 1 aromatic carbocycles. The lowest BCUT2D eigenvalue weighted by Gasteiger charge is -2.24. The number of carbonyl (C=O) groups excluding carboxylic acids is 2. The Morgan fingerprint density at radius 2 is 1.88 bits per heavy atom. The van der Waals surface area contributed by atoms with Gasteiger partial charge in [0.2, 0.25) is 5.91 Å². The molecule has 2 aliphatic rings. The number of H-pyrrole nitrogens is 1. The molecule has 0 bridgehead atoms. The Morgan fingerprint density at radius 3 is 2.62 bits per heavy atom. The molecule has 7 nitrogen and oxygen atoms in total. The summed E-state index contributed by atoms with van der Waals surface area (Å²) in [5.41, 5.74) is 2.52. The van der Waals surface area contributed by atoms with E-state index in [1.807, 2.05) is 29.2 Å². The van der Waals surface area contributed by atoms with Crippen molar-refractivity contribution in [3.05, 3.63) is 41.1 Å². The molecule has 0 aliphatic carbocycles. The molecule has 1 N–H and O–H groups in total. The molecule has 1 aromatic heterocycles. The topological polar surface area (TPSA) is 82.2 Å². The second-order valence-corrected chi connectivity index (χ2v) is 6.27. The van der Waals surface area contributed by atoms with Crippen LogP contribution in [0.25, 0.3) is 0 Å². The van der Waals surface area contributed by atoms with Crippen LogP contribution in [0.3, 0.4) is 0 Å². The van der Waals surface area contributed by atoms with E-state index in [1.54, 1.807) is 4.90 Å². The van der Waals surface area contributed by atoms with E-state index in [9.17, 15) is 9.59 Å². The van der Waals surface area contributed by atoms with Gasteiger partial charge in [-0.25, -0.2) is 0 Å². The number of likely N-dealkylation sites (tertiary alicyclic amines) is 1. The Morgan fingerprint density at radius 1 is 1.08 bits per heavy atom. The zero-order chi connectivity index (χ0) is 16.5. The first-order chi connectivity index (χ1) is 11.7. The number of hydrogen-bond donors (Lipinski definition) is 1. The first-order valence-electron chi connectivity index (χ1n) is 8.30. The number of anilines is 1. The van der Waals surface area contributed by atoms with Crippen molar-refractivity contribution in [1.82, 2.24) is 20.3 Å². The molecule has 2 aliphatic heterocycles. The lowest BCUT2D eigenvalue weighted by atomic mass is 10.1. The minimum atomic E-state index is -0.0614. The Bertz CT molecular complexity index is 768. The average molecular weight is 325 g/mol. The normalized spacial score (nSPS) is 17.2. The maximum atomic E-state index is 12.7. The lowest BCUT2D eigenvalue weighted by Crippen LogP contribution is -2.35. The predicted octanol–water partition coefficient (Wildman–Crippen LogP) is 1.52. The molecule has 7 heteroatoms. The van der Waals surface area contributed by atoms with Crippen LogP contribution in [-0.4, -0.2) is 45.2 Å². The number of aromatic nitrogens is 3. The third-order valence-electron chi connectivity index (χ3n) is 4.64. The van der Waals surface area contributed by atoms with Gasteiger partial charge in [-0.15, -0.1) is 5.10 Å². The smallest absolute Gasteiger partial charge is 0.259 e. The van der Waals surface area contributed by atoms with Gasteiger partial charge in [0.25, 0.3) is 5.91 Å². The molecular formula is C17H19N5O2. The Hall–Kier alpha value is -2.70. The van der Waals surface area contributed by atoms with Crippen LogP contribution < -0.4 is 4.90 Å². The molecule has 124 valence electrons. The number of aryl methyl sites for hydroxylation is 1. The van der Waals surface area contributed by atoms with Gasteiger partial charge in [0.1, 0.15) is 5.69 Å². The fourth-order valence-electron chi connectivity index (χ4n) is 3.34.